The van der Waals surface area contributed by atoms with E-state index in [2.05, 4.69) is 36.5 Å². The monoisotopic (exact) mass is 419 g/mol. The zero-order chi connectivity index (χ0) is 20.5. The summed E-state index contributed by atoms with van der Waals surface area (Å²) in [6, 6.07) is 14.2. The largest absolute Gasteiger partial charge is 0.454 e. The lowest BCUT2D eigenvalue weighted by Gasteiger charge is -2.06. The average Bonchev–Trinajstić information content (AvgIpc) is 3.49. The Kier molecular flexibility index (Phi) is 4.88. The second-order valence-corrected chi connectivity index (χ2v) is 8.03. The van der Waals surface area contributed by atoms with Gasteiger partial charge in [0.1, 0.15) is 0 Å². The first-order chi connectivity index (χ1) is 14.7. The number of thiazole rings is 1. The van der Waals surface area contributed by atoms with E-state index in [1.54, 1.807) is 11.3 Å². The number of nitrogens with one attached hydrogen (secondary N) is 1. The average molecular weight is 420 g/mol. The van der Waals surface area contributed by atoms with Crippen molar-refractivity contribution in [1.82, 2.24) is 14.7 Å². The van der Waals surface area contributed by atoms with Gasteiger partial charge in [0, 0.05) is 29.4 Å². The number of carbonyl (C=O) groups is 1. The van der Waals surface area contributed by atoms with E-state index in [4.69, 9.17) is 14.5 Å². The van der Waals surface area contributed by atoms with Gasteiger partial charge in [-0.2, -0.15) is 0 Å². The van der Waals surface area contributed by atoms with Gasteiger partial charge < -0.3 is 14.8 Å². The highest BCUT2D eigenvalue weighted by molar-refractivity contribution is 7.15. The number of imidazole rings is 1. The van der Waals surface area contributed by atoms with Gasteiger partial charge in [-0.05, 0) is 29.7 Å². The van der Waals surface area contributed by atoms with Crippen LogP contribution in [0.2, 0.25) is 0 Å². The van der Waals surface area contributed by atoms with Gasteiger partial charge in [0.05, 0.1) is 12.1 Å². The van der Waals surface area contributed by atoms with Gasteiger partial charge >= 0.3 is 0 Å². The maximum absolute atomic E-state index is 12.5. The molecule has 0 saturated heterocycles. The Labute approximate surface area is 178 Å². The van der Waals surface area contributed by atoms with Crippen molar-refractivity contribution in [3.8, 4) is 22.8 Å². The lowest BCUT2D eigenvalue weighted by atomic mass is 10.1. The number of carbonyl (C=O) groups excluding carboxylic acids is 1. The summed E-state index contributed by atoms with van der Waals surface area (Å²) in [5.74, 6) is 1.43. The molecule has 0 radical (unpaired) electrons. The van der Waals surface area contributed by atoms with Crippen molar-refractivity contribution < 1.29 is 14.3 Å². The highest BCUT2D eigenvalue weighted by atomic mass is 32.1. The molecule has 5 rings (SSSR count). The topological polar surface area (TPSA) is 64.9 Å². The van der Waals surface area contributed by atoms with Crippen molar-refractivity contribution in [3.63, 3.8) is 0 Å². The number of aryl methyl sites for hydroxylation is 1. The molecule has 1 aliphatic heterocycles. The number of benzene rings is 2. The molecule has 6 nitrogen and oxygen atoms in total. The predicted molar refractivity (Wildman–Crippen MR) is 116 cm³/mol. The fourth-order valence-corrected chi connectivity index (χ4v) is 4.36. The van der Waals surface area contributed by atoms with E-state index in [1.165, 1.54) is 5.56 Å². The standard InChI is InChI=1S/C23H21N3O3S/c1-2-15-3-6-17(7-4-15)19-12-26-18(13-30-23(26)25-19)10-22(27)24-11-16-5-8-20-21(9-16)29-14-28-20/h3-9,12-13H,2,10-11,14H2,1H3,(H,24,27). The maximum atomic E-state index is 12.5. The molecule has 7 heteroatoms. The van der Waals surface area contributed by atoms with Crippen molar-refractivity contribution in [3.05, 3.63) is 70.9 Å². The van der Waals surface area contributed by atoms with Gasteiger partial charge in [-0.3, -0.25) is 9.20 Å². The van der Waals surface area contributed by atoms with Gasteiger partial charge in [0.15, 0.2) is 16.5 Å². The summed E-state index contributed by atoms with van der Waals surface area (Å²) in [5.41, 5.74) is 5.22. The van der Waals surface area contributed by atoms with Crippen LogP contribution < -0.4 is 14.8 Å². The van der Waals surface area contributed by atoms with Crippen LogP contribution in [0.3, 0.4) is 0 Å². The molecule has 3 heterocycles. The number of nitrogens with zero attached hydrogens (tertiary/aromatic N) is 2. The summed E-state index contributed by atoms with van der Waals surface area (Å²) in [4.78, 5) is 18.1. The zero-order valence-electron chi connectivity index (χ0n) is 16.6. The minimum atomic E-state index is -0.0325. The molecular formula is C23H21N3O3S. The molecule has 0 atom stereocenters. The van der Waals surface area contributed by atoms with Gasteiger partial charge in [-0.15, -0.1) is 11.3 Å². The Balaban J connectivity index is 1.26. The summed E-state index contributed by atoms with van der Waals surface area (Å²) in [5, 5.41) is 4.97. The van der Waals surface area contributed by atoms with E-state index < -0.39 is 0 Å². The second-order valence-electron chi connectivity index (χ2n) is 7.20. The summed E-state index contributed by atoms with van der Waals surface area (Å²) in [7, 11) is 0. The molecule has 0 fully saturated rings. The summed E-state index contributed by atoms with van der Waals surface area (Å²) in [6.07, 6.45) is 3.33. The van der Waals surface area contributed by atoms with Crippen LogP contribution >= 0.6 is 11.3 Å². The highest BCUT2D eigenvalue weighted by Crippen LogP contribution is 2.32. The van der Waals surface area contributed by atoms with Crippen LogP contribution in [0.25, 0.3) is 16.2 Å². The van der Waals surface area contributed by atoms with Crippen LogP contribution in [0.1, 0.15) is 23.7 Å². The SMILES string of the molecule is CCc1ccc(-c2cn3c(CC(=O)NCc4ccc5c(c4)OCO5)csc3n2)cc1. The smallest absolute Gasteiger partial charge is 0.231 e. The minimum Gasteiger partial charge on any atom is -0.454 e. The predicted octanol–water partition coefficient (Wildman–Crippen LogP) is 4.21. The highest BCUT2D eigenvalue weighted by Gasteiger charge is 2.15. The summed E-state index contributed by atoms with van der Waals surface area (Å²) < 4.78 is 12.7. The molecule has 0 saturated carbocycles. The third kappa shape index (κ3) is 3.64. The molecule has 0 unspecified atom stereocenters. The van der Waals surface area contributed by atoms with Crippen molar-refractivity contribution in [2.75, 3.05) is 6.79 Å². The van der Waals surface area contributed by atoms with E-state index in [9.17, 15) is 4.79 Å². The van der Waals surface area contributed by atoms with Crippen LogP contribution in [-0.2, 0) is 24.2 Å². The molecule has 0 spiro atoms. The van der Waals surface area contributed by atoms with E-state index in [-0.39, 0.29) is 12.7 Å². The van der Waals surface area contributed by atoms with Crippen molar-refractivity contribution in [1.29, 1.82) is 0 Å². The van der Waals surface area contributed by atoms with E-state index in [0.717, 1.165) is 45.4 Å². The van der Waals surface area contributed by atoms with Crippen molar-refractivity contribution >= 4 is 22.2 Å². The van der Waals surface area contributed by atoms with E-state index in [1.807, 2.05) is 34.2 Å². The Bertz CT molecular complexity index is 1210. The number of amides is 1. The van der Waals surface area contributed by atoms with Crippen LogP contribution in [0.4, 0.5) is 0 Å². The Hall–Kier alpha value is -3.32. The van der Waals surface area contributed by atoms with Gasteiger partial charge in [-0.1, -0.05) is 37.3 Å². The van der Waals surface area contributed by atoms with Crippen molar-refractivity contribution in [2.24, 2.45) is 0 Å². The Morgan fingerprint density at radius 3 is 2.77 bits per heavy atom. The number of rotatable bonds is 6. The normalized spacial score (nSPS) is 12.4. The molecule has 0 bridgehead atoms. The third-order valence-electron chi connectivity index (χ3n) is 5.21. The quantitative estimate of drug-likeness (QED) is 0.508. The second kappa shape index (κ2) is 7.84. The molecule has 1 aliphatic rings. The lowest BCUT2D eigenvalue weighted by Crippen LogP contribution is -2.24. The summed E-state index contributed by atoms with van der Waals surface area (Å²) >= 11 is 1.55. The van der Waals surface area contributed by atoms with Crippen LogP contribution in [-0.4, -0.2) is 22.1 Å². The number of aromatic nitrogens is 2. The molecule has 30 heavy (non-hydrogen) atoms. The molecule has 152 valence electrons. The Morgan fingerprint density at radius 2 is 1.93 bits per heavy atom. The molecule has 2 aromatic carbocycles. The summed E-state index contributed by atoms with van der Waals surface area (Å²) in [6.45, 7) is 2.84. The Morgan fingerprint density at radius 1 is 1.13 bits per heavy atom. The minimum absolute atomic E-state index is 0.0325. The van der Waals surface area contributed by atoms with Crippen molar-refractivity contribution in [2.45, 2.75) is 26.3 Å². The molecule has 4 aromatic rings. The van der Waals surface area contributed by atoms with Crippen LogP contribution in [0, 0.1) is 0 Å². The van der Waals surface area contributed by atoms with Gasteiger partial charge in [0.25, 0.3) is 0 Å². The first-order valence-corrected chi connectivity index (χ1v) is 10.8. The first-order valence-electron chi connectivity index (χ1n) is 9.89. The fourth-order valence-electron chi connectivity index (χ4n) is 3.49. The zero-order valence-corrected chi connectivity index (χ0v) is 17.4. The maximum Gasteiger partial charge on any atom is 0.231 e. The molecule has 1 N–H and O–H groups in total. The third-order valence-corrected chi connectivity index (χ3v) is 6.10. The molecule has 0 aliphatic carbocycles. The number of fused-ring (bicyclic) bond motifs is 2. The van der Waals surface area contributed by atoms with Crippen LogP contribution in [0.15, 0.2) is 54.0 Å². The molecule has 2 aromatic heterocycles. The molecule has 1 amide bonds. The number of hydrogen-bond donors (Lipinski definition) is 1. The van der Waals surface area contributed by atoms with E-state index in [0.29, 0.717) is 13.0 Å². The number of ether oxygens (including phenoxy) is 2. The van der Waals surface area contributed by atoms with Crippen LogP contribution in [0.5, 0.6) is 11.5 Å². The first kappa shape index (κ1) is 18.7. The fraction of sp³-hybridized carbons (Fsp3) is 0.217. The van der Waals surface area contributed by atoms with Gasteiger partial charge in [-0.25, -0.2) is 4.98 Å². The lowest BCUT2D eigenvalue weighted by molar-refractivity contribution is -0.120. The van der Waals surface area contributed by atoms with E-state index >= 15 is 0 Å². The number of hydrogen-bond acceptors (Lipinski definition) is 5. The molecular weight excluding hydrogens is 398 g/mol. The van der Waals surface area contributed by atoms with Gasteiger partial charge in [0.2, 0.25) is 12.7 Å².